The Morgan fingerprint density at radius 3 is 2.36 bits per heavy atom. The van der Waals surface area contributed by atoms with Crippen LogP contribution in [0.4, 0.5) is 10.1 Å². The van der Waals surface area contributed by atoms with Gasteiger partial charge in [-0.1, -0.05) is 41.9 Å². The smallest absolute Gasteiger partial charge is 0.255 e. The van der Waals surface area contributed by atoms with E-state index in [2.05, 4.69) is 53.2 Å². The lowest BCUT2D eigenvalue weighted by molar-refractivity contribution is 0.0506. The van der Waals surface area contributed by atoms with Crippen molar-refractivity contribution in [1.29, 1.82) is 0 Å². The molecule has 6 rings (SSSR count). The molecule has 0 saturated carbocycles. The van der Waals surface area contributed by atoms with Crippen molar-refractivity contribution in [3.8, 4) is 5.75 Å². The third-order valence-electron chi connectivity index (χ3n) is 8.38. The Morgan fingerprint density at radius 1 is 1.02 bits per heavy atom. The summed E-state index contributed by atoms with van der Waals surface area (Å²) in [4.78, 5) is 18.1. The molecule has 3 aromatic rings. The molecule has 3 aromatic carbocycles. The average Bonchev–Trinajstić information content (AvgIpc) is 3.25. The molecule has 6 nitrogen and oxygen atoms in total. The van der Waals surface area contributed by atoms with Crippen LogP contribution in [0.15, 0.2) is 65.6 Å². The largest absolute Gasteiger partial charge is 0.465 e. The molecule has 3 fully saturated rings. The lowest BCUT2D eigenvalue weighted by Gasteiger charge is -2.43. The number of ether oxygens (including phenoxy) is 2. The van der Waals surface area contributed by atoms with E-state index < -0.39 is 5.82 Å². The zero-order valence-electron chi connectivity index (χ0n) is 24.2. The highest BCUT2D eigenvalue weighted by molar-refractivity contribution is 7.80. The minimum absolute atomic E-state index is 0.142. The molecule has 9 heteroatoms. The highest BCUT2D eigenvalue weighted by atomic mass is 35.5. The maximum atomic E-state index is 13.4. The molecule has 0 radical (unpaired) electrons. The van der Waals surface area contributed by atoms with Crippen LogP contribution in [0.3, 0.4) is 0 Å². The van der Waals surface area contributed by atoms with Gasteiger partial charge in [0.2, 0.25) is 0 Å². The lowest BCUT2D eigenvalue weighted by Crippen LogP contribution is -2.55. The quantitative estimate of drug-likeness (QED) is 0.240. The predicted octanol–water partition coefficient (Wildman–Crippen LogP) is 6.71. The number of carbonyl (C=O) groups is 1. The van der Waals surface area contributed by atoms with Gasteiger partial charge in [0.05, 0.1) is 16.3 Å². The zero-order valence-corrected chi connectivity index (χ0v) is 25.8. The van der Waals surface area contributed by atoms with Crippen LogP contribution in [0.1, 0.15) is 53.1 Å². The molecule has 42 heavy (non-hydrogen) atoms. The highest BCUT2D eigenvalue weighted by Gasteiger charge is 2.43. The van der Waals surface area contributed by atoms with Gasteiger partial charge in [-0.15, -0.1) is 12.6 Å². The van der Waals surface area contributed by atoms with Crippen molar-refractivity contribution in [3.63, 3.8) is 0 Å². The van der Waals surface area contributed by atoms with Crippen molar-refractivity contribution >= 4 is 35.8 Å². The third kappa shape index (κ3) is 7.05. The standard InChI is InChI=1S/C22H24ClFN2O3S.C11H15N/c1-13-7-17(30)9-20(21(13)29-12-28-2)26-15-4-5-16(26)11-25(10-15)22(27)18-6-3-14(24)8-19(18)23;1-2-4-10(5-3-1)11-6-8-12-9-7-11/h3,6-9,15-16,30H,4-5,10-12H2,1-2H3;1-5,11-12H,6-9H2. The minimum Gasteiger partial charge on any atom is -0.465 e. The molecule has 224 valence electrons. The molecule has 0 spiro atoms. The first-order valence-electron chi connectivity index (χ1n) is 14.6. The number of anilines is 1. The molecular weight excluding hydrogens is 573 g/mol. The van der Waals surface area contributed by atoms with E-state index in [1.54, 1.807) is 7.11 Å². The van der Waals surface area contributed by atoms with Crippen LogP contribution in [0, 0.1) is 12.7 Å². The summed E-state index contributed by atoms with van der Waals surface area (Å²) in [5, 5.41) is 3.53. The minimum atomic E-state index is -0.452. The summed E-state index contributed by atoms with van der Waals surface area (Å²) in [5.74, 6) is 0.971. The van der Waals surface area contributed by atoms with E-state index in [4.69, 9.17) is 21.1 Å². The lowest BCUT2D eigenvalue weighted by atomic mass is 9.90. The number of fused-ring (bicyclic) bond motifs is 2. The molecule has 1 N–H and O–H groups in total. The summed E-state index contributed by atoms with van der Waals surface area (Å²) < 4.78 is 24.4. The summed E-state index contributed by atoms with van der Waals surface area (Å²) in [7, 11) is 1.59. The van der Waals surface area contributed by atoms with Gasteiger partial charge in [-0.25, -0.2) is 4.39 Å². The molecule has 2 atom stereocenters. The van der Waals surface area contributed by atoms with Crippen LogP contribution in [0.25, 0.3) is 0 Å². The molecular formula is C33H39ClFN3O3S. The number of benzene rings is 3. The molecule has 2 unspecified atom stereocenters. The number of carbonyl (C=O) groups excluding carboxylic acids is 1. The predicted molar refractivity (Wildman–Crippen MR) is 169 cm³/mol. The fraction of sp³-hybridized carbons (Fsp3) is 0.424. The number of thiol groups is 1. The maximum Gasteiger partial charge on any atom is 0.255 e. The summed E-state index contributed by atoms with van der Waals surface area (Å²) in [6.07, 6.45) is 4.55. The first-order chi connectivity index (χ1) is 20.4. The number of halogens is 2. The number of hydrogen-bond acceptors (Lipinski definition) is 6. The Kier molecular flexibility index (Phi) is 10.3. The zero-order chi connectivity index (χ0) is 29.6. The van der Waals surface area contributed by atoms with Gasteiger partial charge in [-0.05, 0) is 93.1 Å². The molecule has 0 aromatic heterocycles. The second-order valence-electron chi connectivity index (χ2n) is 11.2. The van der Waals surface area contributed by atoms with E-state index in [0.29, 0.717) is 18.7 Å². The van der Waals surface area contributed by atoms with Crippen molar-refractivity contribution in [1.82, 2.24) is 10.2 Å². The number of nitrogens with zero attached hydrogens (tertiary/aromatic N) is 2. The SMILES string of the molecule is COCOc1c(C)cc(S)cc1N1C2CCC1CN(C(=O)c1ccc(F)cc1Cl)C2.c1ccc(C2CCNCC2)cc1. The monoisotopic (exact) mass is 611 g/mol. The molecule has 1 amide bonds. The summed E-state index contributed by atoms with van der Waals surface area (Å²) in [6, 6.07) is 19.1. The van der Waals surface area contributed by atoms with E-state index >= 15 is 0 Å². The number of aryl methyl sites for hydroxylation is 1. The van der Waals surface area contributed by atoms with Crippen LogP contribution in [-0.4, -0.2) is 63.0 Å². The van der Waals surface area contributed by atoms with E-state index in [0.717, 1.165) is 40.7 Å². The number of hydrogen-bond donors (Lipinski definition) is 2. The van der Waals surface area contributed by atoms with Crippen LogP contribution in [0.5, 0.6) is 5.75 Å². The Hall–Kier alpha value is -2.78. The van der Waals surface area contributed by atoms with Gasteiger partial charge in [0, 0.05) is 37.2 Å². The van der Waals surface area contributed by atoms with E-state index in [1.807, 2.05) is 24.0 Å². The summed E-state index contributed by atoms with van der Waals surface area (Å²) in [5.41, 5.74) is 3.82. The second-order valence-corrected chi connectivity index (χ2v) is 12.1. The number of likely N-dealkylation sites (tertiary alicyclic amines) is 1. The van der Waals surface area contributed by atoms with Gasteiger partial charge in [0.15, 0.2) is 6.79 Å². The van der Waals surface area contributed by atoms with Gasteiger partial charge in [0.25, 0.3) is 5.91 Å². The van der Waals surface area contributed by atoms with Crippen molar-refractivity contribution in [2.75, 3.05) is 45.0 Å². The summed E-state index contributed by atoms with van der Waals surface area (Å²) >= 11 is 10.7. The Morgan fingerprint density at radius 2 is 1.71 bits per heavy atom. The molecule has 2 bridgehead atoms. The van der Waals surface area contributed by atoms with Crippen LogP contribution in [-0.2, 0) is 4.74 Å². The third-order valence-corrected chi connectivity index (χ3v) is 8.95. The maximum absolute atomic E-state index is 13.4. The molecule has 3 heterocycles. The number of rotatable bonds is 6. The Balaban J connectivity index is 0.000000244. The van der Waals surface area contributed by atoms with Crippen LogP contribution in [0.2, 0.25) is 5.02 Å². The second kappa shape index (κ2) is 14.1. The van der Waals surface area contributed by atoms with E-state index in [-0.39, 0.29) is 29.8 Å². The van der Waals surface area contributed by atoms with Crippen molar-refractivity contribution in [2.45, 2.75) is 55.5 Å². The fourth-order valence-corrected chi connectivity index (χ4v) is 6.97. The molecule has 0 aliphatic carbocycles. The van der Waals surface area contributed by atoms with Gasteiger partial charge in [0.1, 0.15) is 11.6 Å². The van der Waals surface area contributed by atoms with Gasteiger partial charge in [-0.2, -0.15) is 0 Å². The van der Waals surface area contributed by atoms with Crippen LogP contribution >= 0.6 is 24.2 Å². The van der Waals surface area contributed by atoms with E-state index in [9.17, 15) is 9.18 Å². The fourth-order valence-electron chi connectivity index (χ4n) is 6.41. The molecule has 3 aliphatic rings. The van der Waals surface area contributed by atoms with E-state index in [1.165, 1.54) is 49.7 Å². The number of piperazine rings is 1. The van der Waals surface area contributed by atoms with Gasteiger partial charge < -0.3 is 24.6 Å². The van der Waals surface area contributed by atoms with Gasteiger partial charge >= 0.3 is 0 Å². The number of methoxy groups -OCH3 is 1. The van der Waals surface area contributed by atoms with Crippen molar-refractivity contribution in [3.05, 3.63) is 88.2 Å². The van der Waals surface area contributed by atoms with Crippen LogP contribution < -0.4 is 15.0 Å². The number of nitrogens with one attached hydrogen (secondary N) is 1. The Bertz CT molecular complexity index is 1360. The molecule has 3 aliphatic heterocycles. The topological polar surface area (TPSA) is 54.0 Å². The number of piperidine rings is 1. The first-order valence-corrected chi connectivity index (χ1v) is 15.4. The highest BCUT2D eigenvalue weighted by Crippen LogP contribution is 2.43. The average molecular weight is 612 g/mol. The molecule has 3 saturated heterocycles. The summed E-state index contributed by atoms with van der Waals surface area (Å²) in [6.45, 7) is 5.66. The van der Waals surface area contributed by atoms with Crippen molar-refractivity contribution < 1.29 is 18.7 Å². The Labute approximate surface area is 258 Å². The van der Waals surface area contributed by atoms with Gasteiger partial charge in [-0.3, -0.25) is 4.79 Å². The number of amides is 1. The first kappa shape index (κ1) is 30.7. The van der Waals surface area contributed by atoms with Crippen molar-refractivity contribution in [2.24, 2.45) is 0 Å². The normalized spacial score (nSPS) is 20.2.